The van der Waals surface area contributed by atoms with Crippen LogP contribution in [0.2, 0.25) is 0 Å². The van der Waals surface area contributed by atoms with Gasteiger partial charge in [0.15, 0.2) is 9.84 Å². The Morgan fingerprint density at radius 3 is 2.17 bits per heavy atom. The van der Waals surface area contributed by atoms with Crippen LogP contribution in [0.4, 0.5) is 0 Å². The SMILES string of the molecule is CCc1ccc([C@@H]2[C@@H](S(=O)(=O)c3ccccc3)[C@@]2(N)CN)cc1. The van der Waals surface area contributed by atoms with Crippen LogP contribution < -0.4 is 11.5 Å². The van der Waals surface area contributed by atoms with Gasteiger partial charge in [-0.3, -0.25) is 0 Å². The molecule has 2 aromatic carbocycles. The van der Waals surface area contributed by atoms with Crippen molar-refractivity contribution in [2.24, 2.45) is 11.5 Å². The van der Waals surface area contributed by atoms with Crippen molar-refractivity contribution in [3.63, 3.8) is 0 Å². The maximum Gasteiger partial charge on any atom is 0.183 e. The van der Waals surface area contributed by atoms with Gasteiger partial charge >= 0.3 is 0 Å². The molecule has 1 saturated carbocycles. The monoisotopic (exact) mass is 330 g/mol. The number of sulfone groups is 1. The molecule has 5 heteroatoms. The minimum atomic E-state index is -3.50. The first kappa shape index (κ1) is 16.2. The van der Waals surface area contributed by atoms with Gasteiger partial charge in [-0.05, 0) is 29.7 Å². The Bertz CT molecular complexity index is 788. The van der Waals surface area contributed by atoms with E-state index in [4.69, 9.17) is 11.5 Å². The number of rotatable bonds is 5. The second-order valence-corrected chi connectivity index (χ2v) is 8.24. The van der Waals surface area contributed by atoms with Crippen molar-refractivity contribution in [1.82, 2.24) is 0 Å². The Morgan fingerprint density at radius 2 is 1.65 bits per heavy atom. The second-order valence-electron chi connectivity index (χ2n) is 6.17. The van der Waals surface area contributed by atoms with Crippen molar-refractivity contribution in [1.29, 1.82) is 0 Å². The third kappa shape index (κ3) is 2.59. The van der Waals surface area contributed by atoms with Crippen LogP contribution in [0.3, 0.4) is 0 Å². The minimum absolute atomic E-state index is 0.143. The number of hydrogen-bond acceptors (Lipinski definition) is 4. The summed E-state index contributed by atoms with van der Waals surface area (Å²) in [4.78, 5) is 0.306. The summed E-state index contributed by atoms with van der Waals surface area (Å²) in [5, 5.41) is -0.671. The summed E-state index contributed by atoms with van der Waals surface area (Å²) >= 11 is 0. The summed E-state index contributed by atoms with van der Waals surface area (Å²) in [7, 11) is -3.50. The van der Waals surface area contributed by atoms with Crippen molar-refractivity contribution >= 4 is 9.84 Å². The molecule has 0 unspecified atom stereocenters. The van der Waals surface area contributed by atoms with Crippen LogP contribution in [0, 0.1) is 0 Å². The van der Waals surface area contributed by atoms with Gasteiger partial charge in [-0.25, -0.2) is 8.42 Å². The van der Waals surface area contributed by atoms with Crippen LogP contribution in [0.25, 0.3) is 0 Å². The highest BCUT2D eigenvalue weighted by Gasteiger charge is 2.68. The highest BCUT2D eigenvalue weighted by molar-refractivity contribution is 7.92. The van der Waals surface area contributed by atoms with E-state index in [0.717, 1.165) is 12.0 Å². The van der Waals surface area contributed by atoms with E-state index in [-0.39, 0.29) is 12.5 Å². The topological polar surface area (TPSA) is 86.2 Å². The van der Waals surface area contributed by atoms with Gasteiger partial charge in [0.05, 0.1) is 15.7 Å². The molecule has 1 fully saturated rings. The van der Waals surface area contributed by atoms with Crippen LogP contribution in [0.5, 0.6) is 0 Å². The van der Waals surface area contributed by atoms with Crippen molar-refractivity contribution in [3.8, 4) is 0 Å². The number of benzene rings is 2. The average Bonchev–Trinajstić information content (AvgIpc) is 3.23. The summed E-state index contributed by atoms with van der Waals surface area (Å²) < 4.78 is 25.9. The molecule has 1 aliphatic carbocycles. The molecule has 0 amide bonds. The zero-order valence-electron chi connectivity index (χ0n) is 13.1. The van der Waals surface area contributed by atoms with Gasteiger partial charge in [0.1, 0.15) is 0 Å². The normalized spacial score (nSPS) is 26.9. The molecule has 1 aliphatic rings. The molecule has 4 nitrogen and oxygen atoms in total. The number of hydrogen-bond donors (Lipinski definition) is 2. The van der Waals surface area contributed by atoms with Gasteiger partial charge < -0.3 is 11.5 Å². The maximum absolute atomic E-state index is 12.9. The predicted octanol–water partition coefficient (Wildman–Crippen LogP) is 1.84. The average molecular weight is 330 g/mol. The standard InChI is InChI=1S/C18H22N2O2S/c1-2-13-8-10-14(11-9-13)16-17(18(16,20)12-19)23(21,22)15-6-4-3-5-7-15/h3-11,16-17H,2,12,19-20H2,1H3/t16-,17-,18-/m1/s1. The molecule has 0 spiro atoms. The summed E-state index contributed by atoms with van der Waals surface area (Å²) in [6.07, 6.45) is 0.946. The first-order valence-corrected chi connectivity index (χ1v) is 9.36. The molecular weight excluding hydrogens is 308 g/mol. The molecule has 3 rings (SSSR count). The molecule has 2 aromatic rings. The fourth-order valence-electron chi connectivity index (χ4n) is 3.34. The molecule has 4 N–H and O–H groups in total. The van der Waals surface area contributed by atoms with Crippen molar-refractivity contribution in [2.75, 3.05) is 6.54 Å². The van der Waals surface area contributed by atoms with Gasteiger partial charge in [-0.15, -0.1) is 0 Å². The Kier molecular flexibility index (Phi) is 4.04. The Morgan fingerprint density at radius 1 is 1.04 bits per heavy atom. The summed E-state index contributed by atoms with van der Waals surface area (Å²) in [5.41, 5.74) is 13.4. The van der Waals surface area contributed by atoms with Crippen LogP contribution in [-0.4, -0.2) is 25.8 Å². The van der Waals surface area contributed by atoms with E-state index in [1.165, 1.54) is 5.56 Å². The molecule has 122 valence electrons. The smallest absolute Gasteiger partial charge is 0.183 e. The molecule has 23 heavy (non-hydrogen) atoms. The molecule has 0 bridgehead atoms. The molecule has 0 saturated heterocycles. The van der Waals surface area contributed by atoms with E-state index < -0.39 is 20.6 Å². The largest absolute Gasteiger partial charge is 0.329 e. The summed E-state index contributed by atoms with van der Waals surface area (Å²) in [5.74, 6) is -0.261. The first-order valence-electron chi connectivity index (χ1n) is 7.82. The Hall–Kier alpha value is -1.69. The lowest BCUT2D eigenvalue weighted by Crippen LogP contribution is -2.39. The third-order valence-corrected chi connectivity index (χ3v) is 7.12. The van der Waals surface area contributed by atoms with Crippen molar-refractivity contribution < 1.29 is 8.42 Å². The summed E-state index contributed by atoms with van der Waals surface area (Å²) in [6.45, 7) is 2.23. The fourth-order valence-corrected chi connectivity index (χ4v) is 5.68. The van der Waals surface area contributed by atoms with Gasteiger partial charge in [-0.2, -0.15) is 0 Å². The number of nitrogens with two attached hydrogens (primary N) is 2. The first-order chi connectivity index (χ1) is 10.9. The van der Waals surface area contributed by atoms with E-state index in [2.05, 4.69) is 6.92 Å². The third-order valence-electron chi connectivity index (χ3n) is 4.81. The van der Waals surface area contributed by atoms with E-state index in [9.17, 15) is 8.42 Å². The highest BCUT2D eigenvalue weighted by Crippen LogP contribution is 2.55. The summed E-state index contributed by atoms with van der Waals surface area (Å²) in [6, 6.07) is 16.5. The van der Waals surface area contributed by atoms with Gasteiger partial charge in [-0.1, -0.05) is 49.4 Å². The zero-order chi connectivity index (χ0) is 16.7. The zero-order valence-corrected chi connectivity index (χ0v) is 14.0. The van der Waals surface area contributed by atoms with E-state index in [1.54, 1.807) is 30.3 Å². The van der Waals surface area contributed by atoms with Crippen molar-refractivity contribution in [3.05, 3.63) is 65.7 Å². The van der Waals surface area contributed by atoms with Gasteiger partial charge in [0.2, 0.25) is 0 Å². The molecule has 3 atom stereocenters. The Balaban J connectivity index is 1.98. The van der Waals surface area contributed by atoms with Crippen molar-refractivity contribution in [2.45, 2.75) is 34.9 Å². The number of aryl methyl sites for hydroxylation is 1. The highest BCUT2D eigenvalue weighted by atomic mass is 32.2. The molecule has 0 radical (unpaired) electrons. The lowest BCUT2D eigenvalue weighted by Gasteiger charge is -2.09. The maximum atomic E-state index is 12.9. The van der Waals surface area contributed by atoms with Crippen LogP contribution in [0.1, 0.15) is 24.0 Å². The predicted molar refractivity (Wildman–Crippen MR) is 91.9 cm³/mol. The minimum Gasteiger partial charge on any atom is -0.329 e. The van der Waals surface area contributed by atoms with Crippen LogP contribution in [0.15, 0.2) is 59.5 Å². The van der Waals surface area contributed by atoms with E-state index >= 15 is 0 Å². The van der Waals surface area contributed by atoms with Gasteiger partial charge in [0.25, 0.3) is 0 Å². The Labute approximate surface area is 137 Å². The molecular formula is C18H22N2O2S. The van der Waals surface area contributed by atoms with Crippen LogP contribution in [-0.2, 0) is 16.3 Å². The quantitative estimate of drug-likeness (QED) is 0.876. The molecule has 0 aromatic heterocycles. The van der Waals surface area contributed by atoms with Crippen LogP contribution >= 0.6 is 0 Å². The van der Waals surface area contributed by atoms with Gasteiger partial charge in [0, 0.05) is 12.5 Å². The molecule has 0 aliphatic heterocycles. The van der Waals surface area contributed by atoms with E-state index in [1.807, 2.05) is 24.3 Å². The lowest BCUT2D eigenvalue weighted by atomic mass is 10.0. The fraction of sp³-hybridized carbons (Fsp3) is 0.333. The second kappa shape index (κ2) is 5.74. The van der Waals surface area contributed by atoms with E-state index in [0.29, 0.717) is 4.90 Å². The molecule has 0 heterocycles. The lowest BCUT2D eigenvalue weighted by molar-refractivity contribution is 0.586.